The SMILES string of the molecule is CC(C)N(C)Cc1nnnn1CC(=O)N1CCC(CCn2cccn2)CC1. The van der Waals surface area contributed by atoms with E-state index in [0.29, 0.717) is 18.5 Å². The molecule has 3 heterocycles. The number of likely N-dealkylation sites (tertiary alicyclic amines) is 1. The average Bonchev–Trinajstić information content (AvgIpc) is 3.32. The highest BCUT2D eigenvalue weighted by Gasteiger charge is 2.24. The Balaban J connectivity index is 1.45. The number of rotatable bonds is 8. The summed E-state index contributed by atoms with van der Waals surface area (Å²) in [5.41, 5.74) is 0. The number of aromatic nitrogens is 6. The molecule has 0 N–H and O–H groups in total. The minimum Gasteiger partial charge on any atom is -0.341 e. The number of hydrogen-bond donors (Lipinski definition) is 0. The number of amides is 1. The molecule has 2 aromatic rings. The van der Waals surface area contributed by atoms with Gasteiger partial charge in [0.1, 0.15) is 6.54 Å². The Bertz CT molecular complexity index is 703. The van der Waals surface area contributed by atoms with Crippen LogP contribution in [0.2, 0.25) is 0 Å². The van der Waals surface area contributed by atoms with Gasteiger partial charge in [0.05, 0.1) is 6.54 Å². The van der Waals surface area contributed by atoms with E-state index in [2.05, 4.69) is 39.4 Å². The summed E-state index contributed by atoms with van der Waals surface area (Å²) >= 11 is 0. The van der Waals surface area contributed by atoms with Crippen molar-refractivity contribution in [3.05, 3.63) is 24.3 Å². The second-order valence-electron chi connectivity index (χ2n) is 7.64. The second-order valence-corrected chi connectivity index (χ2v) is 7.64. The zero-order chi connectivity index (χ0) is 19.2. The van der Waals surface area contributed by atoms with Crippen molar-refractivity contribution < 1.29 is 4.79 Å². The molecular weight excluding hydrogens is 344 g/mol. The third kappa shape index (κ3) is 5.35. The number of piperidine rings is 1. The van der Waals surface area contributed by atoms with Crippen LogP contribution in [0.1, 0.15) is 38.9 Å². The summed E-state index contributed by atoms with van der Waals surface area (Å²) in [5.74, 6) is 1.48. The minimum absolute atomic E-state index is 0.0984. The Labute approximate surface area is 160 Å². The number of aryl methyl sites for hydroxylation is 1. The van der Waals surface area contributed by atoms with Crippen LogP contribution in [0, 0.1) is 5.92 Å². The molecule has 0 aliphatic carbocycles. The molecule has 0 aromatic carbocycles. The first-order valence-electron chi connectivity index (χ1n) is 9.73. The van der Waals surface area contributed by atoms with E-state index in [-0.39, 0.29) is 12.5 Å². The first-order valence-corrected chi connectivity index (χ1v) is 9.73. The third-order valence-corrected chi connectivity index (χ3v) is 5.46. The van der Waals surface area contributed by atoms with Gasteiger partial charge < -0.3 is 4.90 Å². The molecule has 0 atom stereocenters. The first kappa shape index (κ1) is 19.5. The van der Waals surface area contributed by atoms with Crippen LogP contribution in [0.4, 0.5) is 0 Å². The molecule has 0 unspecified atom stereocenters. The Morgan fingerprint density at radius 3 is 2.78 bits per heavy atom. The van der Waals surface area contributed by atoms with Gasteiger partial charge in [0.2, 0.25) is 5.91 Å². The molecule has 3 rings (SSSR count). The Kier molecular flexibility index (Phi) is 6.54. The molecule has 0 bridgehead atoms. The molecular formula is C18H30N8O. The molecule has 1 aliphatic heterocycles. The van der Waals surface area contributed by atoms with Gasteiger partial charge in [0.25, 0.3) is 0 Å². The Morgan fingerprint density at radius 2 is 2.11 bits per heavy atom. The maximum absolute atomic E-state index is 12.7. The molecule has 9 nitrogen and oxygen atoms in total. The fourth-order valence-corrected chi connectivity index (χ4v) is 3.31. The summed E-state index contributed by atoms with van der Waals surface area (Å²) < 4.78 is 3.61. The zero-order valence-electron chi connectivity index (χ0n) is 16.5. The fraction of sp³-hybridized carbons (Fsp3) is 0.722. The third-order valence-electron chi connectivity index (χ3n) is 5.46. The molecule has 1 saturated heterocycles. The van der Waals surface area contributed by atoms with E-state index in [4.69, 9.17) is 0 Å². The molecule has 1 fully saturated rings. The number of tetrazole rings is 1. The van der Waals surface area contributed by atoms with Crippen molar-refractivity contribution in [3.8, 4) is 0 Å². The number of carbonyl (C=O) groups excluding carboxylic acids is 1. The smallest absolute Gasteiger partial charge is 0.244 e. The standard InChI is InChI=1S/C18H30N8O/c1-15(2)23(3)13-17-20-21-22-26(17)14-18(27)24-10-5-16(6-11-24)7-12-25-9-4-8-19-25/h4,8-9,15-16H,5-7,10-14H2,1-3H3. The number of carbonyl (C=O) groups is 1. The van der Waals surface area contributed by atoms with E-state index in [1.54, 1.807) is 4.68 Å². The lowest BCUT2D eigenvalue weighted by molar-refractivity contribution is -0.133. The van der Waals surface area contributed by atoms with Gasteiger partial charge in [-0.3, -0.25) is 14.4 Å². The lowest BCUT2D eigenvalue weighted by Gasteiger charge is -2.32. The molecule has 0 spiro atoms. The average molecular weight is 374 g/mol. The Hall–Kier alpha value is -2.29. The van der Waals surface area contributed by atoms with Gasteiger partial charge in [-0.25, -0.2) is 4.68 Å². The van der Waals surface area contributed by atoms with Crippen LogP contribution in [0.25, 0.3) is 0 Å². The predicted molar refractivity (Wildman–Crippen MR) is 101 cm³/mol. The summed E-state index contributed by atoms with van der Waals surface area (Å²) in [6, 6.07) is 2.35. The van der Waals surface area contributed by atoms with Crippen LogP contribution >= 0.6 is 0 Å². The lowest BCUT2D eigenvalue weighted by atomic mass is 9.93. The van der Waals surface area contributed by atoms with Crippen molar-refractivity contribution in [2.24, 2.45) is 5.92 Å². The molecule has 1 amide bonds. The van der Waals surface area contributed by atoms with Gasteiger partial charge in [0, 0.05) is 38.1 Å². The van der Waals surface area contributed by atoms with Crippen LogP contribution in [0.3, 0.4) is 0 Å². The topological polar surface area (TPSA) is 85.0 Å². The van der Waals surface area contributed by atoms with E-state index in [1.165, 1.54) is 0 Å². The van der Waals surface area contributed by atoms with Gasteiger partial charge in [-0.2, -0.15) is 5.10 Å². The van der Waals surface area contributed by atoms with Gasteiger partial charge in [0.15, 0.2) is 5.82 Å². The maximum atomic E-state index is 12.7. The second kappa shape index (κ2) is 9.07. The molecule has 1 aliphatic rings. The summed E-state index contributed by atoms with van der Waals surface area (Å²) in [6.07, 6.45) is 7.02. The first-order chi connectivity index (χ1) is 13.0. The summed E-state index contributed by atoms with van der Waals surface area (Å²) in [4.78, 5) is 16.8. The van der Waals surface area contributed by atoms with Crippen molar-refractivity contribution in [2.75, 3.05) is 20.1 Å². The fourth-order valence-electron chi connectivity index (χ4n) is 3.31. The Morgan fingerprint density at radius 1 is 1.33 bits per heavy atom. The summed E-state index contributed by atoms with van der Waals surface area (Å²) in [6.45, 7) is 7.66. The van der Waals surface area contributed by atoms with E-state index in [9.17, 15) is 4.79 Å². The highest BCUT2D eigenvalue weighted by atomic mass is 16.2. The highest BCUT2D eigenvalue weighted by Crippen LogP contribution is 2.21. The summed E-state index contributed by atoms with van der Waals surface area (Å²) in [5, 5.41) is 16.1. The normalized spacial score (nSPS) is 15.8. The van der Waals surface area contributed by atoms with Crippen molar-refractivity contribution in [2.45, 2.75) is 58.8 Å². The molecule has 2 aromatic heterocycles. The quantitative estimate of drug-likeness (QED) is 0.686. The minimum atomic E-state index is 0.0984. The van der Waals surface area contributed by atoms with Crippen LogP contribution in [0.5, 0.6) is 0 Å². The van der Waals surface area contributed by atoms with Gasteiger partial charge in [-0.05, 0) is 62.6 Å². The van der Waals surface area contributed by atoms with E-state index >= 15 is 0 Å². The van der Waals surface area contributed by atoms with Gasteiger partial charge >= 0.3 is 0 Å². The number of hydrogen-bond acceptors (Lipinski definition) is 6. The maximum Gasteiger partial charge on any atom is 0.244 e. The van der Waals surface area contributed by atoms with E-state index in [1.807, 2.05) is 35.1 Å². The van der Waals surface area contributed by atoms with Gasteiger partial charge in [-0.15, -0.1) is 5.10 Å². The molecule has 148 valence electrons. The monoisotopic (exact) mass is 374 g/mol. The summed E-state index contributed by atoms with van der Waals surface area (Å²) in [7, 11) is 2.03. The van der Waals surface area contributed by atoms with E-state index in [0.717, 1.165) is 44.7 Å². The van der Waals surface area contributed by atoms with Crippen LogP contribution in [0.15, 0.2) is 18.5 Å². The predicted octanol–water partition coefficient (Wildman–Crippen LogP) is 1.04. The van der Waals surface area contributed by atoms with Crippen LogP contribution in [-0.2, 0) is 24.4 Å². The molecule has 27 heavy (non-hydrogen) atoms. The largest absolute Gasteiger partial charge is 0.341 e. The zero-order valence-corrected chi connectivity index (χ0v) is 16.5. The number of nitrogens with zero attached hydrogens (tertiary/aromatic N) is 8. The van der Waals surface area contributed by atoms with Gasteiger partial charge in [-0.1, -0.05) is 0 Å². The van der Waals surface area contributed by atoms with Crippen molar-refractivity contribution >= 4 is 5.91 Å². The van der Waals surface area contributed by atoms with E-state index < -0.39 is 0 Å². The molecule has 0 saturated carbocycles. The van der Waals surface area contributed by atoms with Crippen molar-refractivity contribution in [1.82, 2.24) is 39.8 Å². The van der Waals surface area contributed by atoms with Crippen LogP contribution < -0.4 is 0 Å². The van der Waals surface area contributed by atoms with Crippen molar-refractivity contribution in [3.63, 3.8) is 0 Å². The van der Waals surface area contributed by atoms with Crippen molar-refractivity contribution in [1.29, 1.82) is 0 Å². The van der Waals surface area contributed by atoms with Crippen LogP contribution in [-0.4, -0.2) is 71.9 Å². The highest BCUT2D eigenvalue weighted by molar-refractivity contribution is 5.76. The molecule has 9 heteroatoms. The molecule has 0 radical (unpaired) electrons. The lowest BCUT2D eigenvalue weighted by Crippen LogP contribution is -2.41.